The zero-order chi connectivity index (χ0) is 20.8. The van der Waals surface area contributed by atoms with Gasteiger partial charge in [0.1, 0.15) is 23.5 Å². The highest BCUT2D eigenvalue weighted by Gasteiger charge is 2.36. The van der Waals surface area contributed by atoms with Crippen molar-refractivity contribution in [2.45, 2.75) is 44.9 Å². The third-order valence-electron chi connectivity index (χ3n) is 5.05. The van der Waals surface area contributed by atoms with Gasteiger partial charge < -0.3 is 10.6 Å². The maximum absolute atomic E-state index is 13.0. The quantitative estimate of drug-likeness (QED) is 0.670. The molecule has 0 saturated heterocycles. The van der Waals surface area contributed by atoms with Gasteiger partial charge in [0.25, 0.3) is 0 Å². The number of anilines is 3. The molecule has 0 unspecified atom stereocenters. The van der Waals surface area contributed by atoms with Gasteiger partial charge in [0, 0.05) is 13.2 Å². The van der Waals surface area contributed by atoms with Gasteiger partial charge in [-0.2, -0.15) is 28.4 Å². The molecule has 1 aliphatic rings. The van der Waals surface area contributed by atoms with Crippen LogP contribution in [-0.4, -0.2) is 41.6 Å². The van der Waals surface area contributed by atoms with Crippen LogP contribution in [0.4, 0.5) is 30.6 Å². The van der Waals surface area contributed by atoms with E-state index in [0.717, 1.165) is 30.6 Å². The van der Waals surface area contributed by atoms with Gasteiger partial charge in [-0.05, 0) is 26.7 Å². The highest BCUT2D eigenvalue weighted by Crippen LogP contribution is 2.42. The number of nitrogens with one attached hydrogen (secondary N) is 2. The van der Waals surface area contributed by atoms with E-state index in [1.54, 1.807) is 12.5 Å². The molecule has 12 heteroatoms. The Bertz CT molecular complexity index is 1020. The van der Waals surface area contributed by atoms with Crippen LogP contribution in [0.2, 0.25) is 0 Å². The summed E-state index contributed by atoms with van der Waals surface area (Å²) in [6.07, 6.45) is 1.36. The van der Waals surface area contributed by atoms with Gasteiger partial charge in [-0.15, -0.1) is 0 Å². The minimum Gasteiger partial charge on any atom is -0.372 e. The standard InChI is InChI=1S/C17H20F3N9/c1-9-14(25-16-22-6-13(17(18,19)20)15(21-3)26-16)7-24-29(9)12-4-11(5-12)28-8-23-10(2)27-28/h6-8,11-12H,4-5H2,1-3H3,(H2,21,22,25,26). The third-order valence-corrected chi connectivity index (χ3v) is 5.05. The van der Waals surface area contributed by atoms with Crippen molar-refractivity contribution in [1.29, 1.82) is 0 Å². The summed E-state index contributed by atoms with van der Waals surface area (Å²) in [5.41, 5.74) is 0.589. The van der Waals surface area contributed by atoms with Gasteiger partial charge in [0.05, 0.1) is 29.7 Å². The van der Waals surface area contributed by atoms with Crippen molar-refractivity contribution in [2.75, 3.05) is 17.7 Å². The van der Waals surface area contributed by atoms with E-state index in [2.05, 4.69) is 35.8 Å². The van der Waals surface area contributed by atoms with Gasteiger partial charge in [0.2, 0.25) is 5.95 Å². The first kappa shape index (κ1) is 19.2. The summed E-state index contributed by atoms with van der Waals surface area (Å²) in [5, 5.41) is 14.2. The Morgan fingerprint density at radius 1 is 1.10 bits per heavy atom. The summed E-state index contributed by atoms with van der Waals surface area (Å²) in [6, 6.07) is 0.513. The number of hydrogen-bond donors (Lipinski definition) is 2. The van der Waals surface area contributed by atoms with Gasteiger partial charge in [0.15, 0.2) is 0 Å². The topological polar surface area (TPSA) is 98.4 Å². The summed E-state index contributed by atoms with van der Waals surface area (Å²) < 4.78 is 42.7. The van der Waals surface area contributed by atoms with Crippen molar-refractivity contribution in [3.8, 4) is 0 Å². The lowest BCUT2D eigenvalue weighted by molar-refractivity contribution is -0.137. The fourth-order valence-corrected chi connectivity index (χ4v) is 3.39. The lowest BCUT2D eigenvalue weighted by Gasteiger charge is -2.35. The van der Waals surface area contributed by atoms with Crippen LogP contribution in [0.3, 0.4) is 0 Å². The van der Waals surface area contributed by atoms with E-state index in [1.165, 1.54) is 7.05 Å². The van der Waals surface area contributed by atoms with Crippen LogP contribution in [0.1, 0.15) is 42.0 Å². The van der Waals surface area contributed by atoms with E-state index in [9.17, 15) is 13.2 Å². The minimum absolute atomic E-state index is 0.0644. The minimum atomic E-state index is -4.53. The normalized spacial score (nSPS) is 19.1. The van der Waals surface area contributed by atoms with Crippen LogP contribution < -0.4 is 10.6 Å². The molecule has 0 bridgehead atoms. The van der Waals surface area contributed by atoms with Crippen LogP contribution in [0.15, 0.2) is 18.7 Å². The molecule has 3 heterocycles. The first-order chi connectivity index (χ1) is 13.8. The average Bonchev–Trinajstić information content (AvgIpc) is 3.20. The summed E-state index contributed by atoms with van der Waals surface area (Å²) in [4.78, 5) is 11.9. The molecule has 29 heavy (non-hydrogen) atoms. The molecule has 9 nitrogen and oxygen atoms in total. The van der Waals surface area contributed by atoms with E-state index in [0.29, 0.717) is 5.69 Å². The molecular formula is C17H20F3N9. The molecule has 1 saturated carbocycles. The molecular weight excluding hydrogens is 387 g/mol. The zero-order valence-corrected chi connectivity index (χ0v) is 16.1. The molecule has 0 radical (unpaired) electrons. The lowest BCUT2D eigenvalue weighted by atomic mass is 9.87. The molecule has 2 N–H and O–H groups in total. The molecule has 0 spiro atoms. The Balaban J connectivity index is 1.47. The van der Waals surface area contributed by atoms with Crippen molar-refractivity contribution >= 4 is 17.5 Å². The predicted molar refractivity (Wildman–Crippen MR) is 98.9 cm³/mol. The fourth-order valence-electron chi connectivity index (χ4n) is 3.39. The molecule has 0 aliphatic heterocycles. The predicted octanol–water partition coefficient (Wildman–Crippen LogP) is 3.26. The summed E-state index contributed by atoms with van der Waals surface area (Å²) in [5.74, 6) is 0.521. The van der Waals surface area contributed by atoms with Gasteiger partial charge in [-0.1, -0.05) is 0 Å². The SMILES string of the molecule is CNc1nc(Nc2cnn(C3CC(n4cnc(C)n4)C3)c2C)ncc1C(F)(F)F. The second kappa shape index (κ2) is 7.01. The second-order valence-electron chi connectivity index (χ2n) is 6.97. The maximum Gasteiger partial charge on any atom is 0.421 e. The fraction of sp³-hybridized carbons (Fsp3) is 0.471. The molecule has 0 aromatic carbocycles. The van der Waals surface area contributed by atoms with E-state index in [4.69, 9.17) is 0 Å². The highest BCUT2D eigenvalue weighted by molar-refractivity contribution is 5.58. The lowest BCUT2D eigenvalue weighted by Crippen LogP contribution is -2.30. The van der Waals surface area contributed by atoms with Crippen molar-refractivity contribution in [2.24, 2.45) is 0 Å². The van der Waals surface area contributed by atoms with Crippen molar-refractivity contribution in [3.05, 3.63) is 35.8 Å². The number of hydrogen-bond acceptors (Lipinski definition) is 7. The summed E-state index contributed by atoms with van der Waals surface area (Å²) in [6.45, 7) is 3.75. The van der Waals surface area contributed by atoms with Crippen LogP contribution in [0, 0.1) is 13.8 Å². The Morgan fingerprint density at radius 3 is 2.48 bits per heavy atom. The van der Waals surface area contributed by atoms with Crippen molar-refractivity contribution in [3.63, 3.8) is 0 Å². The van der Waals surface area contributed by atoms with E-state index in [1.807, 2.05) is 23.2 Å². The number of nitrogens with zero attached hydrogens (tertiary/aromatic N) is 7. The zero-order valence-electron chi connectivity index (χ0n) is 16.1. The number of alkyl halides is 3. The Labute approximate surface area is 164 Å². The van der Waals surface area contributed by atoms with Gasteiger partial charge >= 0.3 is 6.18 Å². The highest BCUT2D eigenvalue weighted by atomic mass is 19.4. The van der Waals surface area contributed by atoms with Crippen LogP contribution in [-0.2, 0) is 6.18 Å². The molecule has 3 aromatic heterocycles. The molecule has 0 amide bonds. The van der Waals surface area contributed by atoms with Gasteiger partial charge in [-0.25, -0.2) is 14.6 Å². The summed E-state index contributed by atoms with van der Waals surface area (Å²) >= 11 is 0. The molecule has 1 fully saturated rings. The molecule has 154 valence electrons. The van der Waals surface area contributed by atoms with Crippen molar-refractivity contribution in [1.82, 2.24) is 34.5 Å². The summed E-state index contributed by atoms with van der Waals surface area (Å²) in [7, 11) is 1.38. The smallest absolute Gasteiger partial charge is 0.372 e. The van der Waals surface area contributed by atoms with E-state index < -0.39 is 11.7 Å². The number of halogens is 3. The molecule has 0 atom stereocenters. The van der Waals surface area contributed by atoms with Gasteiger partial charge in [-0.3, -0.25) is 4.68 Å². The third kappa shape index (κ3) is 3.61. The number of rotatable bonds is 5. The first-order valence-electron chi connectivity index (χ1n) is 9.07. The largest absolute Gasteiger partial charge is 0.421 e. The van der Waals surface area contributed by atoms with Crippen LogP contribution >= 0.6 is 0 Å². The maximum atomic E-state index is 13.0. The van der Waals surface area contributed by atoms with Crippen molar-refractivity contribution < 1.29 is 13.2 Å². The molecule has 4 rings (SSSR count). The average molecular weight is 407 g/mol. The van der Waals surface area contributed by atoms with Crippen LogP contribution in [0.25, 0.3) is 0 Å². The Kier molecular flexibility index (Phi) is 4.63. The van der Waals surface area contributed by atoms with E-state index in [-0.39, 0.29) is 23.8 Å². The van der Waals surface area contributed by atoms with Crippen LogP contribution in [0.5, 0.6) is 0 Å². The number of aromatic nitrogens is 7. The first-order valence-corrected chi connectivity index (χ1v) is 9.07. The molecule has 3 aromatic rings. The molecule has 1 aliphatic carbocycles. The second-order valence-corrected chi connectivity index (χ2v) is 6.97. The number of aryl methyl sites for hydroxylation is 1. The monoisotopic (exact) mass is 407 g/mol. The Morgan fingerprint density at radius 2 is 1.86 bits per heavy atom. The van der Waals surface area contributed by atoms with E-state index >= 15 is 0 Å². The Hall–Kier alpha value is -3.18.